The van der Waals surface area contributed by atoms with E-state index >= 15 is 0 Å². The number of aliphatic hydroxyl groups excluding tert-OH is 1. The molecule has 2 saturated heterocycles. The van der Waals surface area contributed by atoms with Gasteiger partial charge in [-0.3, -0.25) is 14.6 Å². The van der Waals surface area contributed by atoms with E-state index in [1.807, 2.05) is 4.90 Å². The molecule has 0 radical (unpaired) electrons. The van der Waals surface area contributed by atoms with Crippen molar-refractivity contribution in [3.8, 4) is 6.07 Å². The van der Waals surface area contributed by atoms with Gasteiger partial charge in [0.15, 0.2) is 0 Å². The number of likely N-dealkylation sites (tertiary alicyclic amines) is 1. The summed E-state index contributed by atoms with van der Waals surface area (Å²) in [5.74, 6) is 0.483. The molecular weight excluding hydrogens is 304 g/mol. The molecule has 0 spiro atoms. The van der Waals surface area contributed by atoms with Crippen LogP contribution in [0.4, 0.5) is 0 Å². The van der Waals surface area contributed by atoms with Crippen molar-refractivity contribution in [2.75, 3.05) is 52.4 Å². The standard InChI is InChI=1S/C18H32N4O2/c1-15(2)16(11-19)21-7-9-22(10-8-21)17(24)12-20-6-4-5-18(3,13-20)14-23/h15-16,23H,4-10,12-14H2,1-3H3/t16-,18+/m0/s1. The lowest BCUT2D eigenvalue weighted by molar-refractivity contribution is -0.135. The first-order valence-corrected chi connectivity index (χ1v) is 9.13. The molecule has 1 N–H and O–H groups in total. The molecule has 2 rings (SSSR count). The molecule has 0 aromatic heterocycles. The van der Waals surface area contributed by atoms with Crippen molar-refractivity contribution in [2.24, 2.45) is 11.3 Å². The molecule has 2 heterocycles. The quantitative estimate of drug-likeness (QED) is 0.803. The fraction of sp³-hybridized carbons (Fsp3) is 0.889. The van der Waals surface area contributed by atoms with Gasteiger partial charge >= 0.3 is 0 Å². The van der Waals surface area contributed by atoms with E-state index in [2.05, 4.69) is 36.6 Å². The van der Waals surface area contributed by atoms with Gasteiger partial charge in [0.1, 0.15) is 6.04 Å². The van der Waals surface area contributed by atoms with E-state index in [4.69, 9.17) is 0 Å². The molecule has 24 heavy (non-hydrogen) atoms. The highest BCUT2D eigenvalue weighted by molar-refractivity contribution is 5.78. The predicted octanol–water partition coefficient (Wildman–Crippen LogP) is 0.773. The van der Waals surface area contributed by atoms with Gasteiger partial charge in [-0.15, -0.1) is 0 Å². The summed E-state index contributed by atoms with van der Waals surface area (Å²) in [5.41, 5.74) is -0.0749. The van der Waals surface area contributed by atoms with Crippen LogP contribution in [0.1, 0.15) is 33.6 Å². The summed E-state index contributed by atoms with van der Waals surface area (Å²) < 4.78 is 0. The topological polar surface area (TPSA) is 70.8 Å². The van der Waals surface area contributed by atoms with E-state index in [9.17, 15) is 15.2 Å². The third-order valence-corrected chi connectivity index (χ3v) is 5.42. The van der Waals surface area contributed by atoms with Crippen molar-refractivity contribution in [2.45, 2.75) is 39.7 Å². The van der Waals surface area contributed by atoms with E-state index in [0.29, 0.717) is 25.6 Å². The zero-order chi connectivity index (χ0) is 17.7. The molecule has 2 aliphatic heterocycles. The zero-order valence-electron chi connectivity index (χ0n) is 15.4. The normalized spacial score (nSPS) is 27.9. The minimum absolute atomic E-state index is 0.0605. The maximum Gasteiger partial charge on any atom is 0.236 e. The Balaban J connectivity index is 1.82. The lowest BCUT2D eigenvalue weighted by atomic mass is 9.83. The maximum atomic E-state index is 12.6. The number of aliphatic hydroxyl groups is 1. The van der Waals surface area contributed by atoms with Crippen LogP contribution in [0.15, 0.2) is 0 Å². The van der Waals surface area contributed by atoms with E-state index in [0.717, 1.165) is 39.0 Å². The number of piperidine rings is 1. The first-order valence-electron chi connectivity index (χ1n) is 9.13. The molecule has 6 heteroatoms. The number of rotatable bonds is 5. The molecule has 2 atom stereocenters. The Morgan fingerprint density at radius 3 is 2.46 bits per heavy atom. The molecule has 0 aromatic rings. The van der Waals surface area contributed by atoms with Crippen molar-refractivity contribution in [1.82, 2.24) is 14.7 Å². The van der Waals surface area contributed by atoms with Crippen molar-refractivity contribution in [3.63, 3.8) is 0 Å². The van der Waals surface area contributed by atoms with Crippen LogP contribution in [0.3, 0.4) is 0 Å². The van der Waals surface area contributed by atoms with Crippen LogP contribution in [0.25, 0.3) is 0 Å². The van der Waals surface area contributed by atoms with Crippen LogP contribution < -0.4 is 0 Å². The molecule has 0 unspecified atom stereocenters. The second-order valence-electron chi connectivity index (χ2n) is 8.02. The number of nitriles is 1. The van der Waals surface area contributed by atoms with Crippen LogP contribution >= 0.6 is 0 Å². The highest BCUT2D eigenvalue weighted by Crippen LogP contribution is 2.28. The SMILES string of the molecule is CC(C)[C@H](C#N)N1CCN(C(=O)CN2CCC[C@@](C)(CO)C2)CC1. The van der Waals surface area contributed by atoms with Gasteiger partial charge in [0.2, 0.25) is 5.91 Å². The monoisotopic (exact) mass is 336 g/mol. The summed E-state index contributed by atoms with van der Waals surface area (Å²) >= 11 is 0. The zero-order valence-corrected chi connectivity index (χ0v) is 15.4. The smallest absolute Gasteiger partial charge is 0.236 e. The Kier molecular flexibility index (Phi) is 6.62. The minimum Gasteiger partial charge on any atom is -0.396 e. The predicted molar refractivity (Wildman–Crippen MR) is 93.3 cm³/mol. The van der Waals surface area contributed by atoms with Crippen molar-refractivity contribution in [3.05, 3.63) is 0 Å². The van der Waals surface area contributed by atoms with Crippen LogP contribution in [0.5, 0.6) is 0 Å². The number of amides is 1. The van der Waals surface area contributed by atoms with E-state index in [1.54, 1.807) is 0 Å². The summed E-state index contributed by atoms with van der Waals surface area (Å²) in [4.78, 5) is 18.9. The molecule has 0 aliphatic carbocycles. The average molecular weight is 336 g/mol. The van der Waals surface area contributed by atoms with E-state index in [1.165, 1.54) is 0 Å². The molecule has 0 bridgehead atoms. The van der Waals surface area contributed by atoms with Gasteiger partial charge < -0.3 is 10.0 Å². The fourth-order valence-corrected chi connectivity index (χ4v) is 3.88. The molecule has 0 aromatic carbocycles. The van der Waals surface area contributed by atoms with Gasteiger partial charge in [-0.1, -0.05) is 20.8 Å². The molecule has 1 amide bonds. The van der Waals surface area contributed by atoms with Gasteiger partial charge in [0.25, 0.3) is 0 Å². The van der Waals surface area contributed by atoms with E-state index < -0.39 is 0 Å². The van der Waals surface area contributed by atoms with Crippen LogP contribution in [-0.4, -0.2) is 84.2 Å². The number of carbonyl (C=O) groups is 1. The minimum atomic E-state index is -0.0749. The maximum absolute atomic E-state index is 12.6. The average Bonchev–Trinajstić information content (AvgIpc) is 2.56. The lowest BCUT2D eigenvalue weighted by Crippen LogP contribution is -2.55. The van der Waals surface area contributed by atoms with Crippen molar-refractivity contribution in [1.29, 1.82) is 5.26 Å². The third-order valence-electron chi connectivity index (χ3n) is 5.42. The highest BCUT2D eigenvalue weighted by atomic mass is 16.3. The summed E-state index contributed by atoms with van der Waals surface area (Å²) in [6.07, 6.45) is 2.06. The molecule has 6 nitrogen and oxygen atoms in total. The Bertz CT molecular complexity index is 468. The van der Waals surface area contributed by atoms with Crippen LogP contribution in [0, 0.1) is 22.7 Å². The largest absolute Gasteiger partial charge is 0.396 e. The second-order valence-corrected chi connectivity index (χ2v) is 8.02. The molecule has 2 fully saturated rings. The molecule has 0 saturated carbocycles. The van der Waals surface area contributed by atoms with Crippen molar-refractivity contribution >= 4 is 5.91 Å². The Morgan fingerprint density at radius 2 is 1.92 bits per heavy atom. The first-order chi connectivity index (χ1) is 11.4. The molecule has 136 valence electrons. The molecular formula is C18H32N4O2. The summed E-state index contributed by atoms with van der Waals surface area (Å²) in [7, 11) is 0. The van der Waals surface area contributed by atoms with E-state index in [-0.39, 0.29) is 24.0 Å². The second kappa shape index (κ2) is 8.28. The number of carbonyl (C=O) groups excluding carboxylic acids is 1. The summed E-state index contributed by atoms with van der Waals surface area (Å²) in [6.45, 7) is 11.5. The van der Waals surface area contributed by atoms with Crippen LogP contribution in [-0.2, 0) is 4.79 Å². The Hall–Kier alpha value is -1.16. The van der Waals surface area contributed by atoms with Gasteiger partial charge in [0, 0.05) is 44.7 Å². The molecule has 2 aliphatic rings. The van der Waals surface area contributed by atoms with Gasteiger partial charge in [-0.2, -0.15) is 5.26 Å². The highest BCUT2D eigenvalue weighted by Gasteiger charge is 2.33. The lowest BCUT2D eigenvalue weighted by Gasteiger charge is -2.41. The summed E-state index contributed by atoms with van der Waals surface area (Å²) in [5, 5.41) is 18.9. The fourth-order valence-electron chi connectivity index (χ4n) is 3.88. The van der Waals surface area contributed by atoms with Crippen molar-refractivity contribution < 1.29 is 9.90 Å². The third kappa shape index (κ3) is 4.69. The van der Waals surface area contributed by atoms with Gasteiger partial charge in [-0.25, -0.2) is 0 Å². The van der Waals surface area contributed by atoms with Gasteiger partial charge in [-0.05, 0) is 25.3 Å². The Labute approximate surface area is 146 Å². The van der Waals surface area contributed by atoms with Crippen LogP contribution in [0.2, 0.25) is 0 Å². The Morgan fingerprint density at radius 1 is 1.25 bits per heavy atom. The number of hydrogen-bond donors (Lipinski definition) is 1. The first kappa shape index (κ1) is 19.2. The number of hydrogen-bond acceptors (Lipinski definition) is 5. The number of nitrogens with zero attached hydrogens (tertiary/aromatic N) is 4. The number of piperazine rings is 1. The summed E-state index contributed by atoms with van der Waals surface area (Å²) in [6, 6.07) is 2.33. The van der Waals surface area contributed by atoms with Gasteiger partial charge in [0.05, 0.1) is 12.6 Å².